The van der Waals surface area contributed by atoms with Crippen molar-refractivity contribution in [1.82, 2.24) is 9.97 Å². The van der Waals surface area contributed by atoms with Crippen LogP contribution in [0.15, 0.2) is 24.3 Å². The molecule has 0 saturated heterocycles. The Balaban J connectivity index is 2.30. The average Bonchev–Trinajstić information content (AvgIpc) is 2.40. The monoisotopic (exact) mass is 261 g/mol. The number of nitrogens with one attached hydrogen (secondary N) is 2. The third kappa shape index (κ3) is 2.97. The van der Waals surface area contributed by atoms with Gasteiger partial charge in [0.2, 0.25) is 5.95 Å². The molecule has 0 aliphatic rings. The summed E-state index contributed by atoms with van der Waals surface area (Å²) in [6.07, 6.45) is 0.794. The van der Waals surface area contributed by atoms with E-state index in [-0.39, 0.29) is 5.82 Å². The van der Waals surface area contributed by atoms with Crippen LogP contribution >= 0.6 is 0 Å². The number of aryl methyl sites for hydroxylation is 1. The number of benzene rings is 1. The van der Waals surface area contributed by atoms with Crippen molar-refractivity contribution in [2.45, 2.75) is 20.3 Å². The van der Waals surface area contributed by atoms with E-state index < -0.39 is 0 Å². The van der Waals surface area contributed by atoms with Gasteiger partial charge in [0, 0.05) is 16.9 Å². The van der Waals surface area contributed by atoms with Gasteiger partial charge in [0.05, 0.1) is 0 Å². The molecule has 1 aromatic carbocycles. The van der Waals surface area contributed by atoms with Gasteiger partial charge in [-0.15, -0.1) is 0 Å². The van der Waals surface area contributed by atoms with E-state index in [1.165, 1.54) is 12.1 Å². The predicted octanol–water partition coefficient (Wildman–Crippen LogP) is 2.52. The molecule has 0 amide bonds. The second-order valence-electron chi connectivity index (χ2n) is 4.09. The molecule has 0 bridgehead atoms. The molecule has 100 valence electrons. The van der Waals surface area contributed by atoms with Crippen molar-refractivity contribution in [3.63, 3.8) is 0 Å². The predicted molar refractivity (Wildman–Crippen MR) is 73.6 cm³/mol. The number of nitrogens with two attached hydrogens (primary N) is 1. The molecule has 0 saturated carbocycles. The highest BCUT2D eigenvalue weighted by atomic mass is 19.1. The maximum atomic E-state index is 12.8. The van der Waals surface area contributed by atoms with Crippen LogP contribution in [-0.4, -0.2) is 9.97 Å². The van der Waals surface area contributed by atoms with Gasteiger partial charge in [0.25, 0.3) is 0 Å². The second kappa shape index (κ2) is 5.62. The standard InChI is InChI=1S/C13H16FN5/c1-3-11-8(2)16-13(18-12(11)19-15)17-10-6-4-9(14)5-7-10/h4-7H,3,15H2,1-2H3,(H2,16,17,18,19). The van der Waals surface area contributed by atoms with E-state index in [0.29, 0.717) is 17.5 Å². The number of anilines is 3. The molecule has 0 aliphatic heterocycles. The third-order valence-electron chi connectivity index (χ3n) is 2.80. The fourth-order valence-electron chi connectivity index (χ4n) is 1.86. The van der Waals surface area contributed by atoms with Crippen LogP contribution in [-0.2, 0) is 6.42 Å². The highest BCUT2D eigenvalue weighted by Crippen LogP contribution is 2.20. The number of hydrogen-bond acceptors (Lipinski definition) is 5. The quantitative estimate of drug-likeness (QED) is 0.582. The number of aromatic nitrogens is 2. The maximum Gasteiger partial charge on any atom is 0.229 e. The van der Waals surface area contributed by atoms with Crippen LogP contribution in [0.25, 0.3) is 0 Å². The lowest BCUT2D eigenvalue weighted by molar-refractivity contribution is 0.628. The fraction of sp³-hybridized carbons (Fsp3) is 0.231. The number of hydrazine groups is 1. The molecule has 6 heteroatoms. The summed E-state index contributed by atoms with van der Waals surface area (Å²) in [5, 5.41) is 3.01. The zero-order chi connectivity index (χ0) is 13.8. The molecule has 0 unspecified atom stereocenters. The van der Waals surface area contributed by atoms with Crippen LogP contribution in [0.4, 0.5) is 21.8 Å². The summed E-state index contributed by atoms with van der Waals surface area (Å²) in [6.45, 7) is 3.91. The van der Waals surface area contributed by atoms with Gasteiger partial charge in [0.1, 0.15) is 11.6 Å². The van der Waals surface area contributed by atoms with Crippen molar-refractivity contribution in [3.05, 3.63) is 41.3 Å². The summed E-state index contributed by atoms with van der Waals surface area (Å²) in [6, 6.07) is 5.99. The van der Waals surface area contributed by atoms with Crippen LogP contribution < -0.4 is 16.6 Å². The van der Waals surface area contributed by atoms with Gasteiger partial charge in [0.15, 0.2) is 0 Å². The zero-order valence-electron chi connectivity index (χ0n) is 10.9. The Morgan fingerprint density at radius 2 is 1.89 bits per heavy atom. The van der Waals surface area contributed by atoms with Crippen LogP contribution in [0.1, 0.15) is 18.2 Å². The van der Waals surface area contributed by atoms with Crippen molar-refractivity contribution in [3.8, 4) is 0 Å². The molecular weight excluding hydrogens is 245 g/mol. The van der Waals surface area contributed by atoms with Gasteiger partial charge < -0.3 is 10.7 Å². The van der Waals surface area contributed by atoms with Crippen LogP contribution in [0.5, 0.6) is 0 Å². The minimum absolute atomic E-state index is 0.284. The van der Waals surface area contributed by atoms with E-state index in [0.717, 1.165) is 17.7 Å². The minimum Gasteiger partial charge on any atom is -0.324 e. The highest BCUT2D eigenvalue weighted by Gasteiger charge is 2.09. The fourth-order valence-corrected chi connectivity index (χ4v) is 1.86. The van der Waals surface area contributed by atoms with E-state index in [1.807, 2.05) is 13.8 Å². The molecule has 4 N–H and O–H groups in total. The Kier molecular flexibility index (Phi) is 3.91. The Labute approximate surface area is 111 Å². The van der Waals surface area contributed by atoms with Gasteiger partial charge in [-0.1, -0.05) is 6.92 Å². The van der Waals surface area contributed by atoms with Crippen molar-refractivity contribution < 1.29 is 4.39 Å². The molecular formula is C13H16FN5. The summed E-state index contributed by atoms with van der Waals surface area (Å²) >= 11 is 0. The number of nitrogens with zero attached hydrogens (tertiary/aromatic N) is 2. The lowest BCUT2D eigenvalue weighted by Crippen LogP contribution is -2.14. The van der Waals surface area contributed by atoms with Crippen molar-refractivity contribution in [2.24, 2.45) is 5.84 Å². The molecule has 1 aromatic heterocycles. The first-order valence-corrected chi connectivity index (χ1v) is 6.00. The Bertz CT molecular complexity index is 568. The van der Waals surface area contributed by atoms with E-state index in [1.54, 1.807) is 12.1 Å². The maximum absolute atomic E-state index is 12.8. The normalized spacial score (nSPS) is 10.3. The van der Waals surface area contributed by atoms with Gasteiger partial charge in [-0.05, 0) is 37.6 Å². The minimum atomic E-state index is -0.284. The first kappa shape index (κ1) is 13.2. The molecule has 0 fully saturated rings. The SMILES string of the molecule is CCc1c(C)nc(Nc2ccc(F)cc2)nc1NN. The number of halogens is 1. The van der Waals surface area contributed by atoms with Gasteiger partial charge in [-0.2, -0.15) is 4.98 Å². The van der Waals surface area contributed by atoms with Crippen LogP contribution in [0.2, 0.25) is 0 Å². The summed E-state index contributed by atoms with van der Waals surface area (Å²) in [5.41, 5.74) is 5.12. The Morgan fingerprint density at radius 3 is 2.47 bits per heavy atom. The summed E-state index contributed by atoms with van der Waals surface area (Å²) < 4.78 is 12.8. The smallest absolute Gasteiger partial charge is 0.229 e. The van der Waals surface area contributed by atoms with E-state index in [4.69, 9.17) is 5.84 Å². The third-order valence-corrected chi connectivity index (χ3v) is 2.80. The first-order chi connectivity index (χ1) is 9.13. The molecule has 0 atom stereocenters. The van der Waals surface area contributed by atoms with Gasteiger partial charge >= 0.3 is 0 Å². The molecule has 1 heterocycles. The van der Waals surface area contributed by atoms with Crippen LogP contribution in [0.3, 0.4) is 0 Å². The molecule has 2 rings (SSSR count). The number of hydrogen-bond donors (Lipinski definition) is 3. The molecule has 0 spiro atoms. The lowest BCUT2D eigenvalue weighted by Gasteiger charge is -2.12. The highest BCUT2D eigenvalue weighted by molar-refractivity contribution is 5.57. The lowest BCUT2D eigenvalue weighted by atomic mass is 10.2. The van der Waals surface area contributed by atoms with Gasteiger partial charge in [-0.3, -0.25) is 0 Å². The Hall–Kier alpha value is -2.21. The summed E-state index contributed by atoms with van der Waals surface area (Å²) in [5.74, 6) is 6.20. The van der Waals surface area contributed by atoms with E-state index in [9.17, 15) is 4.39 Å². The average molecular weight is 261 g/mol. The van der Waals surface area contributed by atoms with E-state index >= 15 is 0 Å². The topological polar surface area (TPSA) is 75.9 Å². The van der Waals surface area contributed by atoms with E-state index in [2.05, 4.69) is 20.7 Å². The zero-order valence-corrected chi connectivity index (χ0v) is 10.9. The van der Waals surface area contributed by atoms with Crippen LogP contribution in [0, 0.1) is 12.7 Å². The number of rotatable bonds is 4. The van der Waals surface area contributed by atoms with Crippen molar-refractivity contribution in [1.29, 1.82) is 0 Å². The molecule has 0 aliphatic carbocycles. The second-order valence-corrected chi connectivity index (χ2v) is 4.09. The molecule has 19 heavy (non-hydrogen) atoms. The number of nitrogen functional groups attached to an aromatic ring is 1. The molecule has 5 nitrogen and oxygen atoms in total. The van der Waals surface area contributed by atoms with Gasteiger partial charge in [-0.25, -0.2) is 15.2 Å². The summed E-state index contributed by atoms with van der Waals surface area (Å²) in [7, 11) is 0. The Morgan fingerprint density at radius 1 is 1.21 bits per heavy atom. The van der Waals surface area contributed by atoms with Crippen molar-refractivity contribution in [2.75, 3.05) is 10.7 Å². The summed E-state index contributed by atoms with van der Waals surface area (Å²) in [4.78, 5) is 8.65. The van der Waals surface area contributed by atoms with Crippen molar-refractivity contribution >= 4 is 17.5 Å². The molecule has 0 radical (unpaired) electrons. The largest absolute Gasteiger partial charge is 0.324 e. The molecule has 2 aromatic rings. The first-order valence-electron chi connectivity index (χ1n) is 6.00.